The molecule has 0 radical (unpaired) electrons. The summed E-state index contributed by atoms with van der Waals surface area (Å²) in [5, 5.41) is 2.73. The Balaban J connectivity index is 2.47. The lowest BCUT2D eigenvalue weighted by Crippen LogP contribution is -2.48. The van der Waals surface area contributed by atoms with Crippen molar-refractivity contribution in [2.75, 3.05) is 26.9 Å². The highest BCUT2D eigenvalue weighted by Gasteiger charge is 2.37. The summed E-state index contributed by atoms with van der Waals surface area (Å²) < 4.78 is 40.5. The minimum Gasteiger partial charge on any atom is -0.460 e. The zero-order valence-electron chi connectivity index (χ0n) is 16.7. The van der Waals surface area contributed by atoms with Gasteiger partial charge in [-0.3, -0.25) is 4.90 Å². The van der Waals surface area contributed by atoms with Crippen LogP contribution in [0.4, 0.5) is 13.6 Å². The number of hydrogen-bond acceptors (Lipinski definition) is 5. The number of allylic oxidation sites excluding steroid dienone is 1. The molecule has 1 aliphatic heterocycles. The summed E-state index contributed by atoms with van der Waals surface area (Å²) in [6.07, 6.45) is 1.60. The number of urea groups is 1. The van der Waals surface area contributed by atoms with Gasteiger partial charge < -0.3 is 19.5 Å². The molecule has 0 aromatic heterocycles. The van der Waals surface area contributed by atoms with E-state index < -0.39 is 24.7 Å². The quantitative estimate of drug-likeness (QED) is 0.469. The molecule has 9 heteroatoms. The summed E-state index contributed by atoms with van der Waals surface area (Å²) in [7, 11) is 1.48. The Bertz CT molecular complexity index is 754. The number of carbonyl (C=O) groups is 2. The molecule has 0 aliphatic carbocycles. The Hall–Kier alpha value is -2.68. The molecule has 1 unspecified atom stereocenters. The number of methoxy groups -OCH3 is 1. The molecule has 0 saturated carbocycles. The Morgan fingerprint density at radius 2 is 2.00 bits per heavy atom. The minimum atomic E-state index is -3.04. The van der Waals surface area contributed by atoms with Gasteiger partial charge in [0.1, 0.15) is 12.4 Å². The fraction of sp³-hybridized carbons (Fsp3) is 0.500. The van der Waals surface area contributed by atoms with Crippen LogP contribution < -0.4 is 10.1 Å². The molecule has 1 aromatic rings. The molecule has 1 atom stereocenters. The van der Waals surface area contributed by atoms with Gasteiger partial charge in [0.15, 0.2) is 0 Å². The minimum absolute atomic E-state index is 0.0247. The molecule has 1 aliphatic rings. The van der Waals surface area contributed by atoms with Crippen LogP contribution in [0, 0.1) is 0 Å². The van der Waals surface area contributed by atoms with E-state index in [1.807, 2.05) is 6.92 Å². The van der Waals surface area contributed by atoms with Gasteiger partial charge in [-0.15, -0.1) is 0 Å². The second-order valence-corrected chi connectivity index (χ2v) is 6.43. The lowest BCUT2D eigenvalue weighted by molar-refractivity contribution is -0.140. The predicted octanol–water partition coefficient (Wildman–Crippen LogP) is 3.62. The van der Waals surface area contributed by atoms with Crippen LogP contribution in [-0.2, 0) is 14.3 Å². The summed E-state index contributed by atoms with van der Waals surface area (Å²) in [6.45, 7) is 1.24. The molecule has 0 saturated heterocycles. The molecule has 1 heterocycles. The van der Waals surface area contributed by atoms with Gasteiger partial charge in [-0.2, -0.15) is 8.78 Å². The Labute approximate surface area is 168 Å². The van der Waals surface area contributed by atoms with E-state index in [-0.39, 0.29) is 30.1 Å². The fourth-order valence-electron chi connectivity index (χ4n) is 3.08. The SMILES string of the molecule is CCCCN1C(=O)NC(c2ccccc2OC(F)F)C(C(=O)OCCOC)=C1C. The summed E-state index contributed by atoms with van der Waals surface area (Å²) in [5.74, 6) is -0.775. The van der Waals surface area contributed by atoms with Crippen LogP contribution in [0.25, 0.3) is 0 Å². The number of para-hydroxylation sites is 1. The first-order valence-electron chi connectivity index (χ1n) is 9.39. The molecule has 29 heavy (non-hydrogen) atoms. The van der Waals surface area contributed by atoms with Gasteiger partial charge in [-0.05, 0) is 19.4 Å². The second kappa shape index (κ2) is 10.8. The van der Waals surface area contributed by atoms with Gasteiger partial charge in [0, 0.05) is 24.9 Å². The number of unbranched alkanes of at least 4 members (excludes halogenated alkanes) is 1. The zero-order chi connectivity index (χ0) is 21.4. The van der Waals surface area contributed by atoms with Crippen LogP contribution in [0.15, 0.2) is 35.5 Å². The van der Waals surface area contributed by atoms with E-state index in [1.54, 1.807) is 13.0 Å². The normalized spacial score (nSPS) is 16.8. The largest absolute Gasteiger partial charge is 0.460 e. The molecule has 1 N–H and O–H groups in total. The first-order chi connectivity index (χ1) is 13.9. The summed E-state index contributed by atoms with van der Waals surface area (Å²) in [6, 6.07) is 4.64. The molecule has 2 rings (SSSR count). The number of ether oxygens (including phenoxy) is 3. The number of nitrogens with one attached hydrogen (secondary N) is 1. The number of amides is 2. The van der Waals surface area contributed by atoms with Crippen molar-refractivity contribution >= 4 is 12.0 Å². The average Bonchev–Trinajstić information content (AvgIpc) is 2.67. The third kappa shape index (κ3) is 5.66. The first kappa shape index (κ1) is 22.6. The molecular formula is C20H26F2N2O5. The number of hydrogen-bond donors (Lipinski definition) is 1. The lowest BCUT2D eigenvalue weighted by Gasteiger charge is -2.35. The van der Waals surface area contributed by atoms with Gasteiger partial charge in [0.2, 0.25) is 0 Å². The van der Waals surface area contributed by atoms with E-state index in [1.165, 1.54) is 30.2 Å². The molecule has 160 valence electrons. The van der Waals surface area contributed by atoms with Crippen molar-refractivity contribution in [3.63, 3.8) is 0 Å². The molecule has 1 aromatic carbocycles. The highest BCUT2D eigenvalue weighted by atomic mass is 19.3. The molecule has 7 nitrogen and oxygen atoms in total. The Morgan fingerprint density at radius 1 is 1.28 bits per heavy atom. The molecule has 0 spiro atoms. The first-order valence-corrected chi connectivity index (χ1v) is 9.39. The third-order valence-electron chi connectivity index (χ3n) is 4.52. The van der Waals surface area contributed by atoms with Crippen molar-refractivity contribution in [3.8, 4) is 5.75 Å². The molecule has 0 fully saturated rings. The van der Waals surface area contributed by atoms with Crippen LogP contribution in [0.3, 0.4) is 0 Å². The summed E-state index contributed by atoms with van der Waals surface area (Å²) >= 11 is 0. The van der Waals surface area contributed by atoms with E-state index in [2.05, 4.69) is 10.1 Å². The molecular weight excluding hydrogens is 386 g/mol. The second-order valence-electron chi connectivity index (χ2n) is 6.43. The van der Waals surface area contributed by atoms with E-state index in [0.717, 1.165) is 12.8 Å². The standard InChI is InChI=1S/C20H26F2N2O5/c1-4-5-10-24-13(2)16(18(25)28-12-11-27-3)17(23-20(24)26)14-8-6-7-9-15(14)29-19(21)22/h6-9,17,19H,4-5,10-12H2,1-3H3,(H,23,26). The summed E-state index contributed by atoms with van der Waals surface area (Å²) in [4.78, 5) is 27.0. The zero-order valence-corrected chi connectivity index (χ0v) is 16.7. The number of nitrogens with zero attached hydrogens (tertiary/aromatic N) is 1. The van der Waals surface area contributed by atoms with Crippen LogP contribution >= 0.6 is 0 Å². The predicted molar refractivity (Wildman–Crippen MR) is 101 cm³/mol. The van der Waals surface area contributed by atoms with Crippen molar-refractivity contribution in [3.05, 3.63) is 41.1 Å². The number of alkyl halides is 2. The van der Waals surface area contributed by atoms with Crippen LogP contribution in [0.1, 0.15) is 38.3 Å². The van der Waals surface area contributed by atoms with Crippen LogP contribution in [0.5, 0.6) is 5.75 Å². The van der Waals surface area contributed by atoms with Crippen molar-refractivity contribution in [1.29, 1.82) is 0 Å². The Morgan fingerprint density at radius 3 is 2.66 bits per heavy atom. The highest BCUT2D eigenvalue weighted by molar-refractivity contribution is 5.95. The fourth-order valence-corrected chi connectivity index (χ4v) is 3.08. The average molecular weight is 412 g/mol. The maximum atomic E-state index is 12.8. The van der Waals surface area contributed by atoms with Crippen molar-refractivity contribution in [2.24, 2.45) is 0 Å². The van der Waals surface area contributed by atoms with E-state index in [4.69, 9.17) is 9.47 Å². The van der Waals surface area contributed by atoms with Crippen LogP contribution in [0.2, 0.25) is 0 Å². The lowest BCUT2D eigenvalue weighted by atomic mass is 9.94. The van der Waals surface area contributed by atoms with E-state index in [0.29, 0.717) is 12.2 Å². The van der Waals surface area contributed by atoms with Crippen molar-refractivity contribution in [1.82, 2.24) is 10.2 Å². The smallest absolute Gasteiger partial charge is 0.387 e. The number of halogens is 2. The number of benzene rings is 1. The number of esters is 1. The van der Waals surface area contributed by atoms with Gasteiger partial charge in [-0.25, -0.2) is 9.59 Å². The Kier molecular flexibility index (Phi) is 8.38. The van der Waals surface area contributed by atoms with Gasteiger partial charge in [0.05, 0.1) is 18.2 Å². The maximum absolute atomic E-state index is 12.8. The topological polar surface area (TPSA) is 77.1 Å². The number of carbonyl (C=O) groups excluding carboxylic acids is 2. The third-order valence-corrected chi connectivity index (χ3v) is 4.52. The van der Waals surface area contributed by atoms with E-state index >= 15 is 0 Å². The maximum Gasteiger partial charge on any atom is 0.387 e. The van der Waals surface area contributed by atoms with Crippen molar-refractivity contribution in [2.45, 2.75) is 39.3 Å². The van der Waals surface area contributed by atoms with E-state index in [9.17, 15) is 18.4 Å². The molecule has 0 bridgehead atoms. The van der Waals surface area contributed by atoms with Crippen molar-refractivity contribution < 1.29 is 32.6 Å². The highest BCUT2D eigenvalue weighted by Crippen LogP contribution is 2.36. The van der Waals surface area contributed by atoms with Gasteiger partial charge >= 0.3 is 18.6 Å². The van der Waals surface area contributed by atoms with Crippen LogP contribution in [-0.4, -0.2) is 50.4 Å². The number of rotatable bonds is 10. The monoisotopic (exact) mass is 412 g/mol. The molecule has 2 amide bonds. The van der Waals surface area contributed by atoms with Gasteiger partial charge in [-0.1, -0.05) is 31.5 Å². The van der Waals surface area contributed by atoms with Gasteiger partial charge in [0.25, 0.3) is 0 Å². The summed E-state index contributed by atoms with van der Waals surface area (Å²) in [5.41, 5.74) is 0.831.